The van der Waals surface area contributed by atoms with Crippen LogP contribution in [0.2, 0.25) is 0 Å². The summed E-state index contributed by atoms with van der Waals surface area (Å²) in [6.45, 7) is 11.8. The molecule has 0 saturated carbocycles. The Morgan fingerprint density at radius 3 is 2.16 bits per heavy atom. The highest BCUT2D eigenvalue weighted by atomic mass is 16.2. The van der Waals surface area contributed by atoms with Crippen molar-refractivity contribution in [3.05, 3.63) is 0 Å². The number of likely N-dealkylation sites (N-methyl/N-ethyl adjacent to an activating group) is 1. The van der Waals surface area contributed by atoms with Gasteiger partial charge in [-0.25, -0.2) is 0 Å². The lowest BCUT2D eigenvalue weighted by molar-refractivity contribution is -0.138. The van der Waals surface area contributed by atoms with Gasteiger partial charge < -0.3 is 14.7 Å². The fourth-order valence-corrected chi connectivity index (χ4v) is 3.16. The number of likely N-dealkylation sites (tertiary alicyclic amines) is 1. The lowest BCUT2D eigenvalue weighted by atomic mass is 9.94. The lowest BCUT2D eigenvalue weighted by Crippen LogP contribution is -2.50. The average molecular weight is 267 g/mol. The van der Waals surface area contributed by atoms with Crippen LogP contribution in [-0.2, 0) is 4.79 Å². The number of piperidine rings is 1. The van der Waals surface area contributed by atoms with Gasteiger partial charge in [0.15, 0.2) is 0 Å². The highest BCUT2D eigenvalue weighted by Crippen LogP contribution is 2.21. The first-order valence-electron chi connectivity index (χ1n) is 7.76. The van der Waals surface area contributed by atoms with Crippen LogP contribution in [0.25, 0.3) is 0 Å². The summed E-state index contributed by atoms with van der Waals surface area (Å²) in [7, 11) is 2.13. The molecule has 2 heterocycles. The number of carbonyl (C=O) groups excluding carboxylic acids is 1. The van der Waals surface area contributed by atoms with Gasteiger partial charge in [0, 0.05) is 38.6 Å². The van der Waals surface area contributed by atoms with Gasteiger partial charge in [-0.2, -0.15) is 0 Å². The van der Waals surface area contributed by atoms with Gasteiger partial charge >= 0.3 is 0 Å². The van der Waals surface area contributed by atoms with Crippen LogP contribution in [0.15, 0.2) is 0 Å². The SMILES string of the molecule is CC(C)CN1CCC(C(=O)N2CCN(C)CC2)CC1. The minimum absolute atomic E-state index is 0.284. The van der Waals surface area contributed by atoms with Gasteiger partial charge in [-0.3, -0.25) is 4.79 Å². The van der Waals surface area contributed by atoms with Crippen molar-refractivity contribution in [1.82, 2.24) is 14.7 Å². The Kier molecular flexibility index (Phi) is 5.22. The minimum atomic E-state index is 0.284. The zero-order chi connectivity index (χ0) is 13.8. The summed E-state index contributed by atoms with van der Waals surface area (Å²) in [6, 6.07) is 0. The third kappa shape index (κ3) is 4.18. The molecule has 19 heavy (non-hydrogen) atoms. The van der Waals surface area contributed by atoms with Crippen LogP contribution in [0.3, 0.4) is 0 Å². The molecule has 2 rings (SSSR count). The number of carbonyl (C=O) groups is 1. The maximum Gasteiger partial charge on any atom is 0.225 e. The van der Waals surface area contributed by atoms with E-state index in [0.29, 0.717) is 5.91 Å². The number of piperazine rings is 1. The molecule has 0 aliphatic carbocycles. The molecule has 0 aromatic heterocycles. The third-order valence-corrected chi connectivity index (χ3v) is 4.38. The number of amides is 1. The van der Waals surface area contributed by atoms with E-state index < -0.39 is 0 Å². The molecule has 0 bridgehead atoms. The van der Waals surface area contributed by atoms with Crippen molar-refractivity contribution in [1.29, 1.82) is 0 Å². The first-order valence-corrected chi connectivity index (χ1v) is 7.76. The third-order valence-electron chi connectivity index (χ3n) is 4.38. The second-order valence-electron chi connectivity index (χ2n) is 6.60. The van der Waals surface area contributed by atoms with Crippen LogP contribution in [0.1, 0.15) is 26.7 Å². The van der Waals surface area contributed by atoms with E-state index in [4.69, 9.17) is 0 Å². The standard InChI is InChI=1S/C15H29N3O/c1-13(2)12-17-6-4-14(5-7-17)15(19)18-10-8-16(3)9-11-18/h13-14H,4-12H2,1-3H3. The van der Waals surface area contributed by atoms with Crippen LogP contribution < -0.4 is 0 Å². The van der Waals surface area contributed by atoms with Crippen LogP contribution in [0, 0.1) is 11.8 Å². The van der Waals surface area contributed by atoms with Crippen LogP contribution in [0.5, 0.6) is 0 Å². The highest BCUT2D eigenvalue weighted by Gasteiger charge is 2.29. The molecular formula is C15H29N3O. The molecule has 0 atom stereocenters. The van der Waals surface area contributed by atoms with Crippen LogP contribution >= 0.6 is 0 Å². The Bertz CT molecular complexity index is 290. The lowest BCUT2D eigenvalue weighted by Gasteiger charge is -2.37. The maximum absolute atomic E-state index is 12.5. The average Bonchev–Trinajstić information content (AvgIpc) is 2.39. The second-order valence-corrected chi connectivity index (χ2v) is 6.60. The van der Waals surface area contributed by atoms with Gasteiger partial charge in [-0.15, -0.1) is 0 Å². The molecule has 1 amide bonds. The Morgan fingerprint density at radius 1 is 1.05 bits per heavy atom. The first kappa shape index (κ1) is 14.8. The Labute approximate surface area is 117 Å². The summed E-state index contributed by atoms with van der Waals surface area (Å²) in [5.41, 5.74) is 0. The summed E-state index contributed by atoms with van der Waals surface area (Å²) in [4.78, 5) is 19.4. The molecule has 4 heteroatoms. The van der Waals surface area contributed by atoms with Crippen LogP contribution in [0.4, 0.5) is 0 Å². The number of nitrogens with zero attached hydrogens (tertiary/aromatic N) is 3. The van der Waals surface area contributed by atoms with Crippen molar-refractivity contribution >= 4 is 5.91 Å². The largest absolute Gasteiger partial charge is 0.340 e. The molecule has 2 aliphatic heterocycles. The van der Waals surface area contributed by atoms with Gasteiger partial charge in [-0.05, 0) is 38.9 Å². The molecule has 2 saturated heterocycles. The molecule has 0 aromatic rings. The Morgan fingerprint density at radius 2 is 1.63 bits per heavy atom. The van der Waals surface area contributed by atoms with E-state index in [1.807, 2.05) is 0 Å². The number of hydrogen-bond donors (Lipinski definition) is 0. The summed E-state index contributed by atoms with van der Waals surface area (Å²) in [6.07, 6.45) is 2.11. The second kappa shape index (κ2) is 6.71. The molecule has 110 valence electrons. The van der Waals surface area contributed by atoms with E-state index in [9.17, 15) is 4.79 Å². The fourth-order valence-electron chi connectivity index (χ4n) is 3.16. The van der Waals surface area contributed by atoms with E-state index in [2.05, 4.69) is 35.6 Å². The van der Waals surface area contributed by atoms with E-state index >= 15 is 0 Å². The topological polar surface area (TPSA) is 26.8 Å². The molecule has 2 aliphatic rings. The van der Waals surface area contributed by atoms with Crippen molar-refractivity contribution in [3.8, 4) is 0 Å². The van der Waals surface area contributed by atoms with E-state index in [1.165, 1.54) is 6.54 Å². The zero-order valence-electron chi connectivity index (χ0n) is 12.8. The molecule has 0 spiro atoms. The smallest absolute Gasteiger partial charge is 0.225 e. The zero-order valence-corrected chi connectivity index (χ0v) is 12.8. The predicted octanol–water partition coefficient (Wildman–Crippen LogP) is 1.13. The van der Waals surface area contributed by atoms with Crippen molar-refractivity contribution in [3.63, 3.8) is 0 Å². The predicted molar refractivity (Wildman–Crippen MR) is 78.1 cm³/mol. The molecular weight excluding hydrogens is 238 g/mol. The number of rotatable bonds is 3. The maximum atomic E-state index is 12.5. The van der Waals surface area contributed by atoms with Crippen molar-refractivity contribution in [2.75, 3.05) is 52.9 Å². The van der Waals surface area contributed by atoms with Crippen molar-refractivity contribution in [2.45, 2.75) is 26.7 Å². The summed E-state index contributed by atoms with van der Waals surface area (Å²) < 4.78 is 0. The molecule has 0 unspecified atom stereocenters. The molecule has 0 aromatic carbocycles. The Balaban J connectivity index is 1.76. The molecule has 0 radical (unpaired) electrons. The Hall–Kier alpha value is -0.610. The summed E-state index contributed by atoms with van der Waals surface area (Å²) >= 11 is 0. The van der Waals surface area contributed by atoms with E-state index in [0.717, 1.165) is 58.0 Å². The van der Waals surface area contributed by atoms with Crippen LogP contribution in [-0.4, -0.2) is 73.5 Å². The molecule has 4 nitrogen and oxygen atoms in total. The number of hydrogen-bond acceptors (Lipinski definition) is 3. The highest BCUT2D eigenvalue weighted by molar-refractivity contribution is 5.79. The molecule has 0 N–H and O–H groups in total. The summed E-state index contributed by atoms with van der Waals surface area (Å²) in [5.74, 6) is 1.42. The normalized spacial score (nSPS) is 24.1. The quantitative estimate of drug-likeness (QED) is 0.767. The van der Waals surface area contributed by atoms with Gasteiger partial charge in [0.05, 0.1) is 0 Å². The van der Waals surface area contributed by atoms with Gasteiger partial charge in [0.25, 0.3) is 0 Å². The first-order chi connectivity index (χ1) is 9.06. The van der Waals surface area contributed by atoms with E-state index in [-0.39, 0.29) is 5.92 Å². The monoisotopic (exact) mass is 267 g/mol. The minimum Gasteiger partial charge on any atom is -0.340 e. The fraction of sp³-hybridized carbons (Fsp3) is 0.933. The molecule has 2 fully saturated rings. The van der Waals surface area contributed by atoms with Gasteiger partial charge in [0.1, 0.15) is 0 Å². The van der Waals surface area contributed by atoms with Crippen molar-refractivity contribution < 1.29 is 4.79 Å². The van der Waals surface area contributed by atoms with E-state index in [1.54, 1.807) is 0 Å². The van der Waals surface area contributed by atoms with Gasteiger partial charge in [0.2, 0.25) is 5.91 Å². The van der Waals surface area contributed by atoms with Gasteiger partial charge in [-0.1, -0.05) is 13.8 Å². The van der Waals surface area contributed by atoms with Crippen molar-refractivity contribution in [2.24, 2.45) is 11.8 Å². The summed E-state index contributed by atoms with van der Waals surface area (Å²) in [5, 5.41) is 0.